The van der Waals surface area contributed by atoms with Crippen molar-refractivity contribution in [3.8, 4) is 18.1 Å². The van der Waals surface area contributed by atoms with Gasteiger partial charge in [0.15, 0.2) is 0 Å². The van der Waals surface area contributed by atoms with Gasteiger partial charge in [-0.1, -0.05) is 24.1 Å². The number of ether oxygens (including phenoxy) is 1. The van der Waals surface area contributed by atoms with Crippen LogP contribution < -0.4 is 15.4 Å². The molecule has 1 spiro atoms. The summed E-state index contributed by atoms with van der Waals surface area (Å²) < 4.78 is 19.7. The number of amides is 1. The van der Waals surface area contributed by atoms with E-state index in [4.69, 9.17) is 21.7 Å². The third kappa shape index (κ3) is 2.82. The van der Waals surface area contributed by atoms with Gasteiger partial charge in [0.1, 0.15) is 11.6 Å². The highest BCUT2D eigenvalue weighted by molar-refractivity contribution is 6.04. The number of carbonyl (C=O) groups is 2. The smallest absolute Gasteiger partial charge is 0.357 e. The number of fused-ring (bicyclic) bond motifs is 1. The molecule has 0 radical (unpaired) electrons. The molecule has 1 saturated heterocycles. The predicted molar refractivity (Wildman–Crippen MR) is 98.8 cm³/mol. The van der Waals surface area contributed by atoms with E-state index in [0.717, 1.165) is 6.07 Å². The minimum atomic E-state index is -1.30. The molecule has 2 aliphatic heterocycles. The number of carbonyl (C=O) groups excluding carboxylic acids is 2. The Morgan fingerprint density at radius 2 is 2.04 bits per heavy atom. The first-order valence-electron chi connectivity index (χ1n) is 8.49. The number of nitrogen functional groups attached to an aromatic ring is 1. The molecule has 2 aliphatic rings. The molecule has 0 aliphatic carbocycles. The Hall–Kier alpha value is -3.57. The summed E-state index contributed by atoms with van der Waals surface area (Å²) in [6, 6.07) is 10.9. The van der Waals surface area contributed by atoms with E-state index in [-0.39, 0.29) is 31.1 Å². The Morgan fingerprint density at radius 1 is 1.32 bits per heavy atom. The van der Waals surface area contributed by atoms with E-state index >= 15 is 0 Å². The average Bonchev–Trinajstić information content (AvgIpc) is 2.66. The fourth-order valence-corrected chi connectivity index (χ4v) is 3.24. The first-order chi connectivity index (χ1) is 13.4. The van der Waals surface area contributed by atoms with Gasteiger partial charge in [0.05, 0.1) is 36.6 Å². The molecule has 0 unspecified atom stereocenters. The van der Waals surface area contributed by atoms with E-state index in [9.17, 15) is 14.0 Å². The largest absolute Gasteiger partial charge is 0.472 e. The lowest BCUT2D eigenvalue weighted by Crippen LogP contribution is -2.73. The number of halogens is 1. The molecule has 1 fully saturated rings. The molecule has 4 rings (SSSR count). The first-order valence-corrected chi connectivity index (χ1v) is 8.49. The number of nitrogens with zero attached hydrogens (tertiary/aromatic N) is 2. The van der Waals surface area contributed by atoms with E-state index in [1.165, 1.54) is 16.0 Å². The second kappa shape index (κ2) is 6.55. The van der Waals surface area contributed by atoms with Crippen molar-refractivity contribution in [3.05, 3.63) is 53.8 Å². The van der Waals surface area contributed by atoms with Crippen LogP contribution >= 0.6 is 0 Å². The highest BCUT2D eigenvalue weighted by Crippen LogP contribution is 2.43. The molecular weight excluding hydrogens is 365 g/mol. The van der Waals surface area contributed by atoms with Gasteiger partial charge in [0, 0.05) is 6.07 Å². The molecule has 1 amide bonds. The van der Waals surface area contributed by atoms with E-state index in [1.807, 2.05) is 0 Å². The van der Waals surface area contributed by atoms with Gasteiger partial charge in [-0.05, 0) is 18.2 Å². The summed E-state index contributed by atoms with van der Waals surface area (Å²) in [5.74, 6) is 0.980. The maximum atomic E-state index is 13.9. The van der Waals surface area contributed by atoms with Crippen molar-refractivity contribution < 1.29 is 23.6 Å². The second-order valence-electron chi connectivity index (χ2n) is 6.58. The molecule has 0 aromatic heterocycles. The first kappa shape index (κ1) is 17.8. The fraction of sp³-hybridized carbons (Fsp3) is 0.200. The van der Waals surface area contributed by atoms with E-state index in [2.05, 4.69) is 5.92 Å². The number of hydroxylamine groups is 2. The van der Waals surface area contributed by atoms with E-state index < -0.39 is 23.3 Å². The quantitative estimate of drug-likeness (QED) is 0.642. The van der Waals surface area contributed by atoms with Gasteiger partial charge in [0.2, 0.25) is 5.60 Å². The molecule has 8 heteroatoms. The summed E-state index contributed by atoms with van der Waals surface area (Å²) in [5.41, 5.74) is 4.89. The molecule has 2 aromatic carbocycles. The van der Waals surface area contributed by atoms with Gasteiger partial charge < -0.3 is 15.3 Å². The summed E-state index contributed by atoms with van der Waals surface area (Å²) in [7, 11) is 0. The number of terminal acetylenes is 1. The number of hydrogen-bond acceptors (Lipinski definition) is 6. The lowest BCUT2D eigenvalue weighted by Gasteiger charge is -2.50. The highest BCUT2D eigenvalue weighted by Gasteiger charge is 2.58. The minimum absolute atomic E-state index is 0.00306. The average molecular weight is 381 g/mol. The Kier molecular flexibility index (Phi) is 4.17. The topological polar surface area (TPSA) is 85.1 Å². The monoisotopic (exact) mass is 381 g/mol. The lowest BCUT2D eigenvalue weighted by atomic mass is 9.91. The SMILES string of the molecule is C#CCN1C(=O)C2(CN(OC(=O)c3ccccc3)C2)Oc2cc(F)c(N)cc21. The Morgan fingerprint density at radius 3 is 2.71 bits per heavy atom. The Labute approximate surface area is 160 Å². The number of anilines is 2. The van der Waals surface area contributed by atoms with Crippen molar-refractivity contribution in [2.24, 2.45) is 0 Å². The van der Waals surface area contributed by atoms with Crippen LogP contribution in [0.4, 0.5) is 15.8 Å². The maximum Gasteiger partial charge on any atom is 0.357 e. The standard InChI is InChI=1S/C20H16FN3O4/c1-2-8-24-16-10-15(22)14(21)9-17(16)27-20(19(24)26)11-23(12-20)28-18(25)13-6-4-3-5-7-13/h1,3-7,9-10H,8,11-12,22H2. The number of hydrogen-bond donors (Lipinski definition) is 1. The van der Waals surface area contributed by atoms with E-state index in [1.54, 1.807) is 30.3 Å². The zero-order valence-corrected chi connectivity index (χ0v) is 14.7. The van der Waals surface area contributed by atoms with Crippen LogP contribution in [-0.4, -0.2) is 42.2 Å². The molecule has 2 N–H and O–H groups in total. The Bertz CT molecular complexity index is 997. The summed E-state index contributed by atoms with van der Waals surface area (Å²) in [6.45, 7) is -0.0281. The zero-order chi connectivity index (χ0) is 19.9. The van der Waals surface area contributed by atoms with Gasteiger partial charge >= 0.3 is 5.97 Å². The van der Waals surface area contributed by atoms with Crippen LogP contribution in [0.15, 0.2) is 42.5 Å². The highest BCUT2D eigenvalue weighted by atomic mass is 19.1. The van der Waals surface area contributed by atoms with Crippen molar-refractivity contribution in [2.45, 2.75) is 5.60 Å². The molecule has 2 aromatic rings. The van der Waals surface area contributed by atoms with Gasteiger partial charge in [-0.25, -0.2) is 9.18 Å². The predicted octanol–water partition coefficient (Wildman–Crippen LogP) is 1.59. The van der Waals surface area contributed by atoms with E-state index in [0.29, 0.717) is 11.3 Å². The van der Waals surface area contributed by atoms with Crippen molar-refractivity contribution in [2.75, 3.05) is 30.3 Å². The second-order valence-corrected chi connectivity index (χ2v) is 6.58. The third-order valence-corrected chi connectivity index (χ3v) is 4.64. The zero-order valence-electron chi connectivity index (χ0n) is 14.7. The third-order valence-electron chi connectivity index (χ3n) is 4.64. The van der Waals surface area contributed by atoms with Crippen LogP contribution in [-0.2, 0) is 9.63 Å². The van der Waals surface area contributed by atoms with Crippen LogP contribution in [0.3, 0.4) is 0 Å². The lowest BCUT2D eigenvalue weighted by molar-refractivity contribution is -0.227. The summed E-state index contributed by atoms with van der Waals surface area (Å²) >= 11 is 0. The molecule has 0 atom stereocenters. The number of benzene rings is 2. The van der Waals surface area contributed by atoms with Gasteiger partial charge in [-0.2, -0.15) is 0 Å². The van der Waals surface area contributed by atoms with Crippen LogP contribution in [0, 0.1) is 18.2 Å². The summed E-state index contributed by atoms with van der Waals surface area (Å²) in [4.78, 5) is 31.7. The van der Waals surface area contributed by atoms with Crippen LogP contribution in [0.1, 0.15) is 10.4 Å². The molecule has 142 valence electrons. The van der Waals surface area contributed by atoms with Crippen molar-refractivity contribution in [3.63, 3.8) is 0 Å². The molecular formula is C20H16FN3O4. The van der Waals surface area contributed by atoms with Crippen molar-refractivity contribution >= 4 is 23.3 Å². The van der Waals surface area contributed by atoms with Crippen LogP contribution in [0.25, 0.3) is 0 Å². The fourth-order valence-electron chi connectivity index (χ4n) is 3.24. The molecule has 28 heavy (non-hydrogen) atoms. The maximum absolute atomic E-state index is 13.9. The van der Waals surface area contributed by atoms with Crippen LogP contribution in [0.5, 0.6) is 5.75 Å². The summed E-state index contributed by atoms with van der Waals surface area (Å²) in [6.07, 6.45) is 5.38. The van der Waals surface area contributed by atoms with Crippen molar-refractivity contribution in [1.82, 2.24) is 5.06 Å². The van der Waals surface area contributed by atoms with Gasteiger partial charge in [0.25, 0.3) is 5.91 Å². The normalized spacial score (nSPS) is 17.3. The molecule has 2 heterocycles. The van der Waals surface area contributed by atoms with Gasteiger partial charge in [-0.3, -0.25) is 9.69 Å². The Balaban J connectivity index is 1.54. The molecule has 0 saturated carbocycles. The summed E-state index contributed by atoms with van der Waals surface area (Å²) in [5, 5.41) is 1.32. The molecule has 7 nitrogen and oxygen atoms in total. The molecule has 0 bridgehead atoms. The van der Waals surface area contributed by atoms with Crippen LogP contribution in [0.2, 0.25) is 0 Å². The van der Waals surface area contributed by atoms with Gasteiger partial charge in [-0.15, -0.1) is 11.5 Å². The minimum Gasteiger partial charge on any atom is -0.472 e. The number of nitrogens with two attached hydrogens (primary N) is 1. The van der Waals surface area contributed by atoms with Crippen molar-refractivity contribution in [1.29, 1.82) is 0 Å². The number of rotatable bonds is 3.